The summed E-state index contributed by atoms with van der Waals surface area (Å²) in [6, 6.07) is 10.8. The summed E-state index contributed by atoms with van der Waals surface area (Å²) in [6.45, 7) is 1.99. The molecule has 0 radical (unpaired) electrons. The van der Waals surface area contributed by atoms with Crippen molar-refractivity contribution < 1.29 is 17.7 Å². The molecule has 0 aliphatic heterocycles. The van der Waals surface area contributed by atoms with Gasteiger partial charge in [0.2, 0.25) is 5.89 Å². The standard InChI is InChI=1S/C17H16F3N5O/c1-2-6-14-22-16(25-26-14)15(11-7-4-3-5-8-11)21-13-10-9-12(23-24-13)17(18,19)20/h3-5,7-10,15H,2,6H2,1H3,(H,21,24). The molecule has 0 saturated carbocycles. The molecule has 1 N–H and O–H groups in total. The highest BCUT2D eigenvalue weighted by Crippen LogP contribution is 2.28. The number of nitrogens with one attached hydrogen (secondary N) is 1. The van der Waals surface area contributed by atoms with Crippen LogP contribution >= 0.6 is 0 Å². The maximum atomic E-state index is 12.6. The molecule has 136 valence electrons. The van der Waals surface area contributed by atoms with Crippen molar-refractivity contribution in [3.05, 3.63) is 65.4 Å². The van der Waals surface area contributed by atoms with Crippen LogP contribution in [0, 0.1) is 0 Å². The molecule has 0 bridgehead atoms. The average molecular weight is 363 g/mol. The molecule has 0 fully saturated rings. The molecular weight excluding hydrogens is 347 g/mol. The second kappa shape index (κ2) is 7.51. The summed E-state index contributed by atoms with van der Waals surface area (Å²) in [6.07, 6.45) is -3.03. The Kier molecular flexibility index (Phi) is 5.15. The van der Waals surface area contributed by atoms with E-state index in [2.05, 4.69) is 25.7 Å². The Balaban J connectivity index is 1.88. The highest BCUT2D eigenvalue weighted by molar-refractivity contribution is 5.41. The fourth-order valence-corrected chi connectivity index (χ4v) is 2.35. The van der Waals surface area contributed by atoms with Crippen LogP contribution in [0.15, 0.2) is 47.0 Å². The van der Waals surface area contributed by atoms with E-state index >= 15 is 0 Å². The Morgan fingerprint density at radius 2 is 1.85 bits per heavy atom. The zero-order valence-electron chi connectivity index (χ0n) is 13.9. The van der Waals surface area contributed by atoms with Crippen LogP contribution in [-0.2, 0) is 12.6 Å². The fraction of sp³-hybridized carbons (Fsp3) is 0.294. The molecule has 1 aromatic carbocycles. The van der Waals surface area contributed by atoms with E-state index in [9.17, 15) is 13.2 Å². The van der Waals surface area contributed by atoms with Gasteiger partial charge in [-0.05, 0) is 24.1 Å². The van der Waals surface area contributed by atoms with Gasteiger partial charge in [0.1, 0.15) is 11.9 Å². The number of anilines is 1. The zero-order chi connectivity index (χ0) is 18.6. The van der Waals surface area contributed by atoms with Gasteiger partial charge in [-0.25, -0.2) is 0 Å². The monoisotopic (exact) mass is 363 g/mol. The van der Waals surface area contributed by atoms with Gasteiger partial charge in [0.15, 0.2) is 11.5 Å². The smallest absolute Gasteiger partial charge is 0.355 e. The van der Waals surface area contributed by atoms with Crippen LogP contribution in [0.1, 0.15) is 42.4 Å². The first-order valence-corrected chi connectivity index (χ1v) is 8.02. The minimum absolute atomic E-state index is 0.175. The lowest BCUT2D eigenvalue weighted by Gasteiger charge is -2.16. The molecule has 3 rings (SSSR count). The van der Waals surface area contributed by atoms with Crippen LogP contribution in [-0.4, -0.2) is 20.3 Å². The van der Waals surface area contributed by atoms with Crippen molar-refractivity contribution in [1.29, 1.82) is 0 Å². The van der Waals surface area contributed by atoms with Crippen molar-refractivity contribution in [2.24, 2.45) is 0 Å². The van der Waals surface area contributed by atoms with Crippen molar-refractivity contribution in [2.45, 2.75) is 32.0 Å². The first kappa shape index (κ1) is 17.8. The van der Waals surface area contributed by atoms with E-state index in [0.29, 0.717) is 18.1 Å². The number of aryl methyl sites for hydroxylation is 1. The Morgan fingerprint density at radius 1 is 1.08 bits per heavy atom. The lowest BCUT2D eigenvalue weighted by Crippen LogP contribution is -2.16. The van der Waals surface area contributed by atoms with Crippen molar-refractivity contribution >= 4 is 5.82 Å². The number of aromatic nitrogens is 4. The second-order valence-corrected chi connectivity index (χ2v) is 5.59. The Morgan fingerprint density at radius 3 is 2.46 bits per heavy atom. The molecule has 0 amide bonds. The van der Waals surface area contributed by atoms with Gasteiger partial charge in [-0.15, -0.1) is 10.2 Å². The summed E-state index contributed by atoms with van der Waals surface area (Å²) in [4.78, 5) is 4.36. The number of rotatable bonds is 6. The predicted octanol–water partition coefficient (Wildman–Crippen LogP) is 4.03. The van der Waals surface area contributed by atoms with E-state index < -0.39 is 17.9 Å². The molecule has 2 heterocycles. The molecule has 0 saturated heterocycles. The van der Waals surface area contributed by atoms with E-state index in [1.165, 1.54) is 6.07 Å². The normalized spacial score (nSPS) is 12.8. The number of benzene rings is 1. The Hall–Kier alpha value is -2.97. The molecule has 0 aliphatic carbocycles. The summed E-state index contributed by atoms with van der Waals surface area (Å²) in [5, 5.41) is 13.8. The van der Waals surface area contributed by atoms with Gasteiger partial charge in [-0.1, -0.05) is 42.4 Å². The Bertz CT molecular complexity index is 834. The molecule has 6 nitrogen and oxygen atoms in total. The summed E-state index contributed by atoms with van der Waals surface area (Å²) in [5.74, 6) is 1.05. The fourth-order valence-electron chi connectivity index (χ4n) is 2.35. The summed E-state index contributed by atoms with van der Waals surface area (Å²) in [5.41, 5.74) is -0.234. The first-order chi connectivity index (χ1) is 12.5. The third kappa shape index (κ3) is 4.16. The Labute approximate surface area is 147 Å². The number of nitrogens with zero attached hydrogens (tertiary/aromatic N) is 4. The van der Waals surface area contributed by atoms with Gasteiger partial charge in [-0.2, -0.15) is 18.2 Å². The van der Waals surface area contributed by atoms with Crippen molar-refractivity contribution in [1.82, 2.24) is 20.3 Å². The first-order valence-electron chi connectivity index (χ1n) is 8.02. The third-order valence-electron chi connectivity index (χ3n) is 3.59. The van der Waals surface area contributed by atoms with Gasteiger partial charge in [0.05, 0.1) is 0 Å². The summed E-state index contributed by atoms with van der Waals surface area (Å²) >= 11 is 0. The lowest BCUT2D eigenvalue weighted by molar-refractivity contribution is -0.141. The highest BCUT2D eigenvalue weighted by Gasteiger charge is 2.33. The molecule has 1 atom stereocenters. The van der Waals surface area contributed by atoms with Crippen LogP contribution in [0.2, 0.25) is 0 Å². The van der Waals surface area contributed by atoms with Crippen LogP contribution in [0.5, 0.6) is 0 Å². The average Bonchev–Trinajstić information content (AvgIpc) is 3.09. The van der Waals surface area contributed by atoms with Crippen molar-refractivity contribution in [2.75, 3.05) is 5.32 Å². The van der Waals surface area contributed by atoms with E-state index in [1.54, 1.807) is 0 Å². The molecule has 9 heteroatoms. The molecule has 26 heavy (non-hydrogen) atoms. The minimum atomic E-state index is -4.53. The van der Waals surface area contributed by atoms with Gasteiger partial charge in [-0.3, -0.25) is 0 Å². The lowest BCUT2D eigenvalue weighted by atomic mass is 10.1. The minimum Gasteiger partial charge on any atom is -0.355 e. The largest absolute Gasteiger partial charge is 0.435 e. The van der Waals surface area contributed by atoms with Gasteiger partial charge < -0.3 is 9.84 Å². The predicted molar refractivity (Wildman–Crippen MR) is 87.2 cm³/mol. The molecule has 3 aromatic rings. The zero-order valence-corrected chi connectivity index (χ0v) is 13.9. The quantitative estimate of drug-likeness (QED) is 0.712. The van der Waals surface area contributed by atoms with Crippen LogP contribution < -0.4 is 5.32 Å². The highest BCUT2D eigenvalue weighted by atomic mass is 19.4. The van der Waals surface area contributed by atoms with Gasteiger partial charge in [0, 0.05) is 6.42 Å². The van der Waals surface area contributed by atoms with E-state index in [4.69, 9.17) is 4.52 Å². The maximum Gasteiger partial charge on any atom is 0.435 e. The van der Waals surface area contributed by atoms with Crippen molar-refractivity contribution in [3.8, 4) is 0 Å². The molecule has 0 aliphatic rings. The van der Waals surface area contributed by atoms with Gasteiger partial charge in [0.25, 0.3) is 0 Å². The molecular formula is C17H16F3N5O. The summed E-state index contributed by atoms with van der Waals surface area (Å²) < 4.78 is 43.1. The third-order valence-corrected chi connectivity index (χ3v) is 3.59. The SMILES string of the molecule is CCCc1nc(C(Nc2ccc(C(F)(F)F)nn2)c2ccccc2)no1. The molecule has 2 aromatic heterocycles. The van der Waals surface area contributed by atoms with Gasteiger partial charge >= 0.3 is 6.18 Å². The second-order valence-electron chi connectivity index (χ2n) is 5.59. The van der Waals surface area contributed by atoms with E-state index in [0.717, 1.165) is 18.1 Å². The van der Waals surface area contributed by atoms with Crippen LogP contribution in [0.3, 0.4) is 0 Å². The van der Waals surface area contributed by atoms with Crippen LogP contribution in [0.25, 0.3) is 0 Å². The summed E-state index contributed by atoms with van der Waals surface area (Å²) in [7, 11) is 0. The van der Waals surface area contributed by atoms with Crippen LogP contribution in [0.4, 0.5) is 19.0 Å². The van der Waals surface area contributed by atoms with E-state index in [-0.39, 0.29) is 5.82 Å². The topological polar surface area (TPSA) is 76.7 Å². The number of halogens is 3. The number of hydrogen-bond acceptors (Lipinski definition) is 6. The molecule has 1 unspecified atom stereocenters. The molecule has 0 spiro atoms. The number of hydrogen-bond donors (Lipinski definition) is 1. The number of alkyl halides is 3. The van der Waals surface area contributed by atoms with E-state index in [1.807, 2.05) is 37.3 Å². The van der Waals surface area contributed by atoms with Crippen molar-refractivity contribution in [3.63, 3.8) is 0 Å². The maximum absolute atomic E-state index is 12.6.